The Labute approximate surface area is 142 Å². The van der Waals surface area contributed by atoms with Crippen LogP contribution in [0.2, 0.25) is 0 Å². The Kier molecular flexibility index (Phi) is 4.54. The topological polar surface area (TPSA) is 92.9 Å². The van der Waals surface area contributed by atoms with Crippen LogP contribution in [0.15, 0.2) is 24.3 Å². The van der Waals surface area contributed by atoms with Gasteiger partial charge in [-0.3, -0.25) is 4.90 Å². The fourth-order valence-corrected chi connectivity index (χ4v) is 4.02. The number of likely N-dealkylation sites (tertiary alicyclic amines) is 1. The zero-order valence-corrected chi connectivity index (χ0v) is 14.6. The Morgan fingerprint density at radius 1 is 1.21 bits per heavy atom. The number of carbonyl (C=O) groups excluding carboxylic acids is 1. The lowest BCUT2D eigenvalue weighted by atomic mass is 9.91. The summed E-state index contributed by atoms with van der Waals surface area (Å²) < 4.78 is 28.0. The molecule has 0 radical (unpaired) electrons. The zero-order valence-electron chi connectivity index (χ0n) is 13.8. The highest BCUT2D eigenvalue weighted by Gasteiger charge is 2.47. The van der Waals surface area contributed by atoms with Crippen LogP contribution in [-0.2, 0) is 20.5 Å². The van der Waals surface area contributed by atoms with E-state index in [-0.39, 0.29) is 11.8 Å². The molecule has 24 heavy (non-hydrogen) atoms. The van der Waals surface area contributed by atoms with Gasteiger partial charge in [0.1, 0.15) is 5.60 Å². The molecule has 2 N–H and O–H groups in total. The molecule has 2 aliphatic heterocycles. The molecule has 1 spiro atoms. The Morgan fingerprint density at radius 3 is 2.38 bits per heavy atom. The predicted molar refractivity (Wildman–Crippen MR) is 91.2 cm³/mol. The predicted octanol–water partition coefficient (Wildman–Crippen LogP) is 1.29. The van der Waals surface area contributed by atoms with Crippen molar-refractivity contribution in [3.05, 3.63) is 29.8 Å². The first kappa shape index (κ1) is 17.2. The van der Waals surface area contributed by atoms with Gasteiger partial charge in [0.15, 0.2) is 0 Å². The Balaban J connectivity index is 1.70. The normalized spacial score (nSPS) is 21.2. The minimum absolute atomic E-state index is 0.214. The van der Waals surface area contributed by atoms with Gasteiger partial charge < -0.3 is 9.64 Å². The van der Waals surface area contributed by atoms with Gasteiger partial charge >= 0.3 is 6.09 Å². The summed E-state index contributed by atoms with van der Waals surface area (Å²) in [6, 6.07) is 6.83. The summed E-state index contributed by atoms with van der Waals surface area (Å²) in [5.74, 6) is -0.214. The third-order valence-electron chi connectivity index (χ3n) is 4.80. The second kappa shape index (κ2) is 6.34. The third kappa shape index (κ3) is 3.71. The number of carbonyl (C=O) groups is 1. The van der Waals surface area contributed by atoms with Crippen LogP contribution in [-0.4, -0.2) is 51.2 Å². The maximum Gasteiger partial charge on any atom is 0.415 e. The summed E-state index contributed by atoms with van der Waals surface area (Å²) in [5.41, 5.74) is 0.912. The summed E-state index contributed by atoms with van der Waals surface area (Å²) in [4.78, 5) is 16.3. The molecule has 0 aliphatic carbocycles. The van der Waals surface area contributed by atoms with Gasteiger partial charge in [-0.15, -0.1) is 0 Å². The van der Waals surface area contributed by atoms with Crippen molar-refractivity contribution in [2.45, 2.75) is 31.1 Å². The molecule has 2 heterocycles. The van der Waals surface area contributed by atoms with Gasteiger partial charge in [0, 0.05) is 31.6 Å². The van der Waals surface area contributed by atoms with Crippen molar-refractivity contribution in [2.75, 3.05) is 31.1 Å². The van der Waals surface area contributed by atoms with E-state index in [1.165, 1.54) is 0 Å². The van der Waals surface area contributed by atoms with E-state index in [9.17, 15) is 13.2 Å². The molecule has 1 aromatic rings. The first-order chi connectivity index (χ1) is 11.3. The van der Waals surface area contributed by atoms with E-state index in [2.05, 4.69) is 11.8 Å². The highest BCUT2D eigenvalue weighted by molar-refractivity contribution is 7.88. The number of ether oxygens (including phenoxy) is 1. The molecule has 132 valence electrons. The number of amides is 1. The Hall–Kier alpha value is -1.64. The standard InChI is InChI=1S/C16H23N3O4S/c1-2-18-9-7-16(8-10-18)12-19(15(20)23-16)14-5-3-13(4-6-14)11-24(17,21)22/h3-6H,2,7-12H2,1H3,(H2,17,21,22). The van der Waals surface area contributed by atoms with Gasteiger partial charge in [0.2, 0.25) is 10.0 Å². The summed E-state index contributed by atoms with van der Waals surface area (Å²) in [6.45, 7) is 5.56. The number of rotatable bonds is 4. The highest BCUT2D eigenvalue weighted by atomic mass is 32.2. The number of benzene rings is 1. The van der Waals surface area contributed by atoms with Crippen LogP contribution < -0.4 is 10.0 Å². The van der Waals surface area contributed by atoms with Gasteiger partial charge in [-0.1, -0.05) is 19.1 Å². The first-order valence-electron chi connectivity index (χ1n) is 8.12. The first-order valence-corrected chi connectivity index (χ1v) is 9.84. The number of sulfonamides is 1. The number of hydrogen-bond acceptors (Lipinski definition) is 5. The molecule has 1 aromatic carbocycles. The van der Waals surface area contributed by atoms with Crippen molar-refractivity contribution in [3.8, 4) is 0 Å². The SMILES string of the molecule is CCN1CCC2(CC1)CN(c1ccc(CS(N)(=O)=O)cc1)C(=O)O2. The monoisotopic (exact) mass is 353 g/mol. The molecule has 0 saturated carbocycles. The lowest BCUT2D eigenvalue weighted by molar-refractivity contribution is 0.00222. The van der Waals surface area contributed by atoms with Crippen LogP contribution in [0.5, 0.6) is 0 Å². The number of anilines is 1. The van der Waals surface area contributed by atoms with E-state index < -0.39 is 15.6 Å². The van der Waals surface area contributed by atoms with E-state index >= 15 is 0 Å². The van der Waals surface area contributed by atoms with Crippen LogP contribution in [0.4, 0.5) is 10.5 Å². The molecular weight excluding hydrogens is 330 g/mol. The van der Waals surface area contributed by atoms with Gasteiger partial charge in [-0.05, 0) is 24.2 Å². The number of piperidine rings is 1. The van der Waals surface area contributed by atoms with E-state index in [1.807, 2.05) is 0 Å². The van der Waals surface area contributed by atoms with E-state index in [0.717, 1.165) is 32.5 Å². The molecule has 7 nitrogen and oxygen atoms in total. The Morgan fingerprint density at radius 2 is 1.83 bits per heavy atom. The van der Waals surface area contributed by atoms with Crippen molar-refractivity contribution in [3.63, 3.8) is 0 Å². The maximum absolute atomic E-state index is 12.3. The van der Waals surface area contributed by atoms with Crippen molar-refractivity contribution in [1.29, 1.82) is 0 Å². The number of hydrogen-bond donors (Lipinski definition) is 1. The summed E-state index contributed by atoms with van der Waals surface area (Å²) >= 11 is 0. The fourth-order valence-electron chi connectivity index (χ4n) is 3.36. The molecule has 3 rings (SSSR count). The zero-order chi connectivity index (χ0) is 17.4. The highest BCUT2D eigenvalue weighted by Crippen LogP contribution is 2.35. The average Bonchev–Trinajstić information content (AvgIpc) is 2.84. The van der Waals surface area contributed by atoms with Gasteiger partial charge in [0.05, 0.1) is 12.3 Å². The van der Waals surface area contributed by atoms with Crippen molar-refractivity contribution < 1.29 is 17.9 Å². The number of nitrogens with zero attached hydrogens (tertiary/aromatic N) is 2. The lowest BCUT2D eigenvalue weighted by Crippen LogP contribution is -2.46. The maximum atomic E-state index is 12.3. The van der Waals surface area contributed by atoms with Crippen LogP contribution in [0, 0.1) is 0 Å². The molecule has 2 saturated heterocycles. The number of nitrogens with two attached hydrogens (primary N) is 1. The van der Waals surface area contributed by atoms with Crippen molar-refractivity contribution in [2.24, 2.45) is 5.14 Å². The van der Waals surface area contributed by atoms with E-state index in [0.29, 0.717) is 17.8 Å². The van der Waals surface area contributed by atoms with E-state index in [1.54, 1.807) is 29.2 Å². The lowest BCUT2D eigenvalue weighted by Gasteiger charge is -2.36. The molecule has 2 aliphatic rings. The molecule has 2 fully saturated rings. The number of primary sulfonamides is 1. The van der Waals surface area contributed by atoms with Crippen LogP contribution in [0.1, 0.15) is 25.3 Å². The van der Waals surface area contributed by atoms with Gasteiger partial charge in [-0.25, -0.2) is 18.4 Å². The summed E-state index contributed by atoms with van der Waals surface area (Å²) in [5, 5.41) is 5.05. The van der Waals surface area contributed by atoms with Crippen LogP contribution >= 0.6 is 0 Å². The van der Waals surface area contributed by atoms with Gasteiger partial charge in [-0.2, -0.15) is 0 Å². The Bertz CT molecular complexity index is 709. The quantitative estimate of drug-likeness (QED) is 0.880. The molecule has 8 heteroatoms. The molecule has 0 atom stereocenters. The summed E-state index contributed by atoms with van der Waals surface area (Å²) in [6.07, 6.45) is 1.35. The van der Waals surface area contributed by atoms with Gasteiger partial charge in [0.25, 0.3) is 0 Å². The molecular formula is C16H23N3O4S. The minimum atomic E-state index is -3.56. The molecule has 0 bridgehead atoms. The molecule has 1 amide bonds. The molecule has 0 unspecified atom stereocenters. The smallest absolute Gasteiger partial charge is 0.415 e. The second-order valence-corrected chi connectivity index (χ2v) is 8.16. The summed E-state index contributed by atoms with van der Waals surface area (Å²) in [7, 11) is -3.56. The van der Waals surface area contributed by atoms with E-state index in [4.69, 9.17) is 9.88 Å². The van der Waals surface area contributed by atoms with Crippen LogP contribution in [0.3, 0.4) is 0 Å². The average molecular weight is 353 g/mol. The fraction of sp³-hybridized carbons (Fsp3) is 0.562. The largest absolute Gasteiger partial charge is 0.441 e. The van der Waals surface area contributed by atoms with Crippen molar-refractivity contribution >= 4 is 21.8 Å². The van der Waals surface area contributed by atoms with Crippen LogP contribution in [0.25, 0.3) is 0 Å². The third-order valence-corrected chi connectivity index (χ3v) is 5.54. The second-order valence-electron chi connectivity index (χ2n) is 6.55. The molecule has 0 aromatic heterocycles. The minimum Gasteiger partial charge on any atom is -0.441 e. The van der Waals surface area contributed by atoms with Crippen molar-refractivity contribution in [1.82, 2.24) is 4.90 Å².